The first-order valence-electron chi connectivity index (χ1n) is 4.94. The van der Waals surface area contributed by atoms with Gasteiger partial charge in [0.1, 0.15) is 5.82 Å². The molecule has 1 fully saturated rings. The maximum Gasteiger partial charge on any atom is 0.231 e. The Morgan fingerprint density at radius 2 is 2.13 bits per heavy atom. The molecule has 1 amide bonds. The minimum absolute atomic E-state index is 0.171. The lowest BCUT2D eigenvalue weighted by Crippen LogP contribution is -2.31. The fourth-order valence-corrected chi connectivity index (χ4v) is 1.49. The minimum Gasteiger partial charge on any atom is -0.329 e. The van der Waals surface area contributed by atoms with E-state index in [1.54, 1.807) is 18.2 Å². The second kappa shape index (κ2) is 3.62. The van der Waals surface area contributed by atoms with Crippen LogP contribution in [0.5, 0.6) is 0 Å². The molecule has 1 aromatic carbocycles. The number of nitrogens with one attached hydrogen (secondary N) is 1. The SMILES string of the molecule is NCC1(C(=O)Nc2ccccc2F)CC1. The van der Waals surface area contributed by atoms with Gasteiger partial charge in [-0.05, 0) is 25.0 Å². The minimum atomic E-state index is -0.442. The Bertz CT molecular complexity index is 388. The molecule has 0 heterocycles. The molecule has 80 valence electrons. The molecule has 4 heteroatoms. The van der Waals surface area contributed by atoms with Crippen LogP contribution in [-0.2, 0) is 4.79 Å². The normalized spacial score (nSPS) is 17.2. The molecule has 15 heavy (non-hydrogen) atoms. The molecular weight excluding hydrogens is 195 g/mol. The molecular formula is C11H13FN2O. The van der Waals surface area contributed by atoms with Crippen LogP contribution in [0, 0.1) is 11.2 Å². The van der Waals surface area contributed by atoms with Gasteiger partial charge in [0.25, 0.3) is 0 Å². The highest BCUT2D eigenvalue weighted by Gasteiger charge is 2.48. The molecule has 0 radical (unpaired) electrons. The van der Waals surface area contributed by atoms with Crippen molar-refractivity contribution in [1.29, 1.82) is 0 Å². The van der Waals surface area contributed by atoms with Gasteiger partial charge in [0.05, 0.1) is 11.1 Å². The Hall–Kier alpha value is -1.42. The molecule has 0 bridgehead atoms. The highest BCUT2D eigenvalue weighted by Crippen LogP contribution is 2.45. The number of carbonyl (C=O) groups excluding carboxylic acids is 1. The zero-order valence-electron chi connectivity index (χ0n) is 8.29. The lowest BCUT2D eigenvalue weighted by Gasteiger charge is -2.12. The third-order valence-electron chi connectivity index (χ3n) is 2.85. The molecule has 0 atom stereocenters. The summed E-state index contributed by atoms with van der Waals surface area (Å²) >= 11 is 0. The van der Waals surface area contributed by atoms with E-state index in [0.717, 1.165) is 12.8 Å². The lowest BCUT2D eigenvalue weighted by atomic mass is 10.1. The number of para-hydroxylation sites is 1. The van der Waals surface area contributed by atoms with Crippen LogP contribution in [0.25, 0.3) is 0 Å². The maximum atomic E-state index is 13.2. The molecule has 3 N–H and O–H groups in total. The van der Waals surface area contributed by atoms with Crippen LogP contribution in [0.1, 0.15) is 12.8 Å². The quantitative estimate of drug-likeness (QED) is 0.791. The summed E-state index contributed by atoms with van der Waals surface area (Å²) in [5.74, 6) is -0.589. The van der Waals surface area contributed by atoms with Crippen LogP contribution in [-0.4, -0.2) is 12.5 Å². The highest BCUT2D eigenvalue weighted by molar-refractivity contribution is 5.97. The number of hydrogen-bond donors (Lipinski definition) is 2. The number of anilines is 1. The Morgan fingerprint density at radius 3 is 2.67 bits per heavy atom. The number of hydrogen-bond acceptors (Lipinski definition) is 2. The van der Waals surface area contributed by atoms with E-state index in [-0.39, 0.29) is 11.6 Å². The van der Waals surface area contributed by atoms with Crippen molar-refractivity contribution in [3.63, 3.8) is 0 Å². The molecule has 1 aliphatic rings. The topological polar surface area (TPSA) is 55.1 Å². The van der Waals surface area contributed by atoms with Crippen molar-refractivity contribution < 1.29 is 9.18 Å². The number of carbonyl (C=O) groups is 1. The Balaban J connectivity index is 2.10. The van der Waals surface area contributed by atoms with Gasteiger partial charge < -0.3 is 11.1 Å². The van der Waals surface area contributed by atoms with Crippen molar-refractivity contribution >= 4 is 11.6 Å². The molecule has 1 aliphatic carbocycles. The molecule has 1 saturated carbocycles. The predicted molar refractivity (Wildman–Crippen MR) is 55.8 cm³/mol. The summed E-state index contributed by atoms with van der Waals surface area (Å²) in [7, 11) is 0. The maximum absolute atomic E-state index is 13.2. The molecule has 0 spiro atoms. The highest BCUT2D eigenvalue weighted by atomic mass is 19.1. The average molecular weight is 208 g/mol. The third-order valence-corrected chi connectivity index (χ3v) is 2.85. The summed E-state index contributed by atoms with van der Waals surface area (Å²) in [5.41, 5.74) is 5.29. The van der Waals surface area contributed by atoms with E-state index in [1.807, 2.05) is 0 Å². The summed E-state index contributed by atoms with van der Waals surface area (Å²) in [6, 6.07) is 6.12. The van der Waals surface area contributed by atoms with Crippen LogP contribution < -0.4 is 11.1 Å². The van der Waals surface area contributed by atoms with Gasteiger partial charge in [0.15, 0.2) is 0 Å². The molecule has 3 nitrogen and oxygen atoms in total. The van der Waals surface area contributed by atoms with Gasteiger partial charge in [-0.1, -0.05) is 12.1 Å². The zero-order valence-corrected chi connectivity index (χ0v) is 8.29. The van der Waals surface area contributed by atoms with Gasteiger partial charge in [-0.15, -0.1) is 0 Å². The first-order chi connectivity index (χ1) is 7.18. The van der Waals surface area contributed by atoms with Gasteiger partial charge in [-0.2, -0.15) is 0 Å². The van der Waals surface area contributed by atoms with Crippen LogP contribution >= 0.6 is 0 Å². The van der Waals surface area contributed by atoms with Gasteiger partial charge in [0.2, 0.25) is 5.91 Å². The predicted octanol–water partition coefficient (Wildman–Crippen LogP) is 1.50. The summed E-state index contributed by atoms with van der Waals surface area (Å²) < 4.78 is 13.2. The molecule has 2 rings (SSSR count). The molecule has 0 unspecified atom stereocenters. The van der Waals surface area contributed by atoms with E-state index in [1.165, 1.54) is 6.07 Å². The molecule has 0 aliphatic heterocycles. The number of benzene rings is 1. The molecule has 0 saturated heterocycles. The smallest absolute Gasteiger partial charge is 0.231 e. The zero-order chi connectivity index (χ0) is 10.9. The van der Waals surface area contributed by atoms with Crippen LogP contribution in [0.3, 0.4) is 0 Å². The molecule has 1 aromatic rings. The van der Waals surface area contributed by atoms with Crippen LogP contribution in [0.4, 0.5) is 10.1 Å². The number of rotatable bonds is 3. The molecule has 0 aromatic heterocycles. The van der Waals surface area contributed by atoms with Crippen LogP contribution in [0.2, 0.25) is 0 Å². The number of nitrogens with two attached hydrogens (primary N) is 1. The fraction of sp³-hybridized carbons (Fsp3) is 0.364. The second-order valence-electron chi connectivity index (χ2n) is 3.92. The van der Waals surface area contributed by atoms with E-state index in [0.29, 0.717) is 6.54 Å². The van der Waals surface area contributed by atoms with Crippen LogP contribution in [0.15, 0.2) is 24.3 Å². The van der Waals surface area contributed by atoms with E-state index < -0.39 is 11.2 Å². The number of amides is 1. The summed E-state index contributed by atoms with van der Waals surface area (Å²) in [4.78, 5) is 11.7. The summed E-state index contributed by atoms with van der Waals surface area (Å²) in [5, 5.41) is 2.57. The van der Waals surface area contributed by atoms with Crippen molar-refractivity contribution in [2.45, 2.75) is 12.8 Å². The van der Waals surface area contributed by atoms with Crippen molar-refractivity contribution in [2.75, 3.05) is 11.9 Å². The van der Waals surface area contributed by atoms with Crippen molar-refractivity contribution in [3.8, 4) is 0 Å². The average Bonchev–Trinajstić information content (AvgIpc) is 3.02. The van der Waals surface area contributed by atoms with Crippen molar-refractivity contribution in [3.05, 3.63) is 30.1 Å². The number of halogens is 1. The largest absolute Gasteiger partial charge is 0.329 e. The summed E-state index contributed by atoms with van der Waals surface area (Å²) in [6.07, 6.45) is 1.59. The van der Waals surface area contributed by atoms with Gasteiger partial charge >= 0.3 is 0 Å². The van der Waals surface area contributed by atoms with Crippen molar-refractivity contribution in [2.24, 2.45) is 11.1 Å². The van der Waals surface area contributed by atoms with Gasteiger partial charge in [-0.25, -0.2) is 4.39 Å². The van der Waals surface area contributed by atoms with Gasteiger partial charge in [-0.3, -0.25) is 4.79 Å². The van der Waals surface area contributed by atoms with E-state index in [2.05, 4.69) is 5.32 Å². The van der Waals surface area contributed by atoms with Crippen molar-refractivity contribution in [1.82, 2.24) is 0 Å². The summed E-state index contributed by atoms with van der Waals surface area (Å²) in [6.45, 7) is 0.327. The third kappa shape index (κ3) is 1.85. The van der Waals surface area contributed by atoms with E-state index >= 15 is 0 Å². The Kier molecular flexibility index (Phi) is 2.44. The second-order valence-corrected chi connectivity index (χ2v) is 3.92. The Morgan fingerprint density at radius 1 is 1.47 bits per heavy atom. The Labute approximate surface area is 87.5 Å². The first kappa shape index (κ1) is 10.1. The van der Waals surface area contributed by atoms with E-state index in [4.69, 9.17) is 5.73 Å². The van der Waals surface area contributed by atoms with E-state index in [9.17, 15) is 9.18 Å². The standard InChI is InChI=1S/C11H13FN2O/c12-8-3-1-2-4-9(8)14-10(15)11(7-13)5-6-11/h1-4H,5-7,13H2,(H,14,15). The monoisotopic (exact) mass is 208 g/mol. The van der Waals surface area contributed by atoms with Gasteiger partial charge in [0, 0.05) is 6.54 Å². The lowest BCUT2D eigenvalue weighted by molar-refractivity contribution is -0.120. The first-order valence-corrected chi connectivity index (χ1v) is 4.94. The fourth-order valence-electron chi connectivity index (χ4n) is 1.49.